The van der Waals surface area contributed by atoms with Gasteiger partial charge in [0.1, 0.15) is 0 Å². The first-order valence-electron chi connectivity index (χ1n) is 7.79. The second-order valence-corrected chi connectivity index (χ2v) is 6.60. The molecule has 1 aromatic carbocycles. The van der Waals surface area contributed by atoms with Gasteiger partial charge in [0.05, 0.1) is 6.61 Å². The fraction of sp³-hybridized carbons (Fsp3) is 0.647. The molecular weight excluding hydrogens is 248 g/mol. The highest BCUT2D eigenvalue weighted by Gasteiger charge is 2.45. The van der Waals surface area contributed by atoms with E-state index in [9.17, 15) is 0 Å². The number of methoxy groups -OCH3 is 1. The van der Waals surface area contributed by atoms with Crippen molar-refractivity contribution in [1.82, 2.24) is 4.90 Å². The van der Waals surface area contributed by atoms with Crippen LogP contribution in [0.2, 0.25) is 0 Å². The molecule has 1 aliphatic heterocycles. The van der Waals surface area contributed by atoms with E-state index in [0.717, 1.165) is 18.2 Å². The minimum atomic E-state index is 0.405. The third kappa shape index (κ3) is 2.99. The maximum absolute atomic E-state index is 5.80. The van der Waals surface area contributed by atoms with E-state index in [1.54, 1.807) is 0 Å². The van der Waals surface area contributed by atoms with Crippen molar-refractivity contribution in [2.75, 3.05) is 39.1 Å². The van der Waals surface area contributed by atoms with Crippen LogP contribution in [-0.2, 0) is 10.2 Å². The second-order valence-electron chi connectivity index (χ2n) is 6.60. The number of nitrogens with zero attached hydrogens (tertiary/aromatic N) is 1. The summed E-state index contributed by atoms with van der Waals surface area (Å²) in [5.41, 5.74) is 8.54. The molecule has 0 bridgehead atoms. The largest absolute Gasteiger partial charge is 0.399 e. The molecule has 2 aliphatic rings. The lowest BCUT2D eigenvalue weighted by molar-refractivity contribution is 0.0860. The van der Waals surface area contributed by atoms with E-state index in [0.29, 0.717) is 5.41 Å². The van der Waals surface area contributed by atoms with Crippen molar-refractivity contribution in [3.8, 4) is 0 Å². The molecule has 2 N–H and O–H groups in total. The molecular formula is C17H26N2O. The number of hydrogen-bond donors (Lipinski definition) is 1. The Balaban J connectivity index is 1.63. The third-order valence-electron chi connectivity index (χ3n) is 4.91. The van der Waals surface area contributed by atoms with Crippen LogP contribution in [0.4, 0.5) is 5.69 Å². The van der Waals surface area contributed by atoms with Crippen molar-refractivity contribution >= 4 is 5.69 Å². The van der Waals surface area contributed by atoms with Crippen molar-refractivity contribution in [3.05, 3.63) is 29.8 Å². The smallest absolute Gasteiger partial charge is 0.0502 e. The number of rotatable bonds is 5. The van der Waals surface area contributed by atoms with Crippen LogP contribution in [0.25, 0.3) is 0 Å². The summed E-state index contributed by atoms with van der Waals surface area (Å²) in [4.78, 5) is 2.65. The molecule has 1 atom stereocenters. The summed E-state index contributed by atoms with van der Waals surface area (Å²) < 4.78 is 5.33. The van der Waals surface area contributed by atoms with Gasteiger partial charge in [-0.1, -0.05) is 12.1 Å². The first-order chi connectivity index (χ1) is 9.72. The fourth-order valence-corrected chi connectivity index (χ4v) is 3.62. The average molecular weight is 274 g/mol. The Morgan fingerprint density at radius 2 is 2.05 bits per heavy atom. The van der Waals surface area contributed by atoms with Crippen LogP contribution in [0.15, 0.2) is 24.3 Å². The standard InChI is InChI=1S/C17H26N2O/c1-20-12-14-3-2-10-19(11-14)13-17(8-9-17)15-4-6-16(18)7-5-15/h4-7,14H,2-3,8-13,18H2,1H3. The van der Waals surface area contributed by atoms with E-state index in [1.165, 1.54) is 50.9 Å². The lowest BCUT2D eigenvalue weighted by Gasteiger charge is -2.35. The van der Waals surface area contributed by atoms with Crippen molar-refractivity contribution in [1.29, 1.82) is 0 Å². The molecule has 3 rings (SSSR count). The summed E-state index contributed by atoms with van der Waals surface area (Å²) >= 11 is 0. The van der Waals surface area contributed by atoms with Gasteiger partial charge < -0.3 is 15.4 Å². The number of ether oxygens (including phenoxy) is 1. The van der Waals surface area contributed by atoms with Gasteiger partial charge in [-0.2, -0.15) is 0 Å². The van der Waals surface area contributed by atoms with Crippen LogP contribution >= 0.6 is 0 Å². The van der Waals surface area contributed by atoms with Gasteiger partial charge in [-0.25, -0.2) is 0 Å². The van der Waals surface area contributed by atoms with Gasteiger partial charge in [-0.15, -0.1) is 0 Å². The van der Waals surface area contributed by atoms with Gasteiger partial charge in [0.2, 0.25) is 0 Å². The van der Waals surface area contributed by atoms with E-state index < -0.39 is 0 Å². The van der Waals surface area contributed by atoms with Gasteiger partial charge >= 0.3 is 0 Å². The van der Waals surface area contributed by atoms with Crippen LogP contribution in [0.1, 0.15) is 31.2 Å². The molecule has 2 fully saturated rings. The zero-order valence-electron chi connectivity index (χ0n) is 12.5. The lowest BCUT2D eigenvalue weighted by Crippen LogP contribution is -2.41. The topological polar surface area (TPSA) is 38.5 Å². The van der Waals surface area contributed by atoms with Crippen LogP contribution in [0.5, 0.6) is 0 Å². The predicted octanol–water partition coefficient (Wildman–Crippen LogP) is 2.66. The van der Waals surface area contributed by atoms with Crippen molar-refractivity contribution in [2.24, 2.45) is 5.92 Å². The Labute approximate surface area is 122 Å². The summed E-state index contributed by atoms with van der Waals surface area (Å²) in [6, 6.07) is 8.52. The molecule has 1 saturated heterocycles. The van der Waals surface area contributed by atoms with Crippen molar-refractivity contribution < 1.29 is 4.74 Å². The molecule has 1 heterocycles. The summed E-state index contributed by atoms with van der Waals surface area (Å²) in [7, 11) is 1.82. The van der Waals surface area contributed by atoms with Crippen molar-refractivity contribution in [3.63, 3.8) is 0 Å². The quantitative estimate of drug-likeness (QED) is 0.839. The molecule has 3 heteroatoms. The minimum absolute atomic E-state index is 0.405. The summed E-state index contributed by atoms with van der Waals surface area (Å²) in [5.74, 6) is 0.718. The Kier molecular flexibility index (Phi) is 3.99. The number of likely N-dealkylation sites (tertiary alicyclic amines) is 1. The Hall–Kier alpha value is -1.06. The molecule has 0 aromatic heterocycles. The van der Waals surface area contributed by atoms with E-state index in [1.807, 2.05) is 19.2 Å². The molecule has 0 spiro atoms. The van der Waals surface area contributed by atoms with E-state index in [4.69, 9.17) is 10.5 Å². The molecule has 110 valence electrons. The van der Waals surface area contributed by atoms with E-state index in [2.05, 4.69) is 17.0 Å². The molecule has 1 aliphatic carbocycles. The monoisotopic (exact) mass is 274 g/mol. The predicted molar refractivity (Wildman–Crippen MR) is 82.8 cm³/mol. The highest BCUT2D eigenvalue weighted by molar-refractivity contribution is 5.43. The summed E-state index contributed by atoms with van der Waals surface area (Å²) in [5, 5.41) is 0. The number of piperidine rings is 1. The van der Waals surface area contributed by atoms with Gasteiger partial charge in [0, 0.05) is 31.3 Å². The highest BCUT2D eigenvalue weighted by Crippen LogP contribution is 2.49. The Morgan fingerprint density at radius 3 is 2.70 bits per heavy atom. The zero-order valence-corrected chi connectivity index (χ0v) is 12.5. The summed E-state index contributed by atoms with van der Waals surface area (Å²) in [6.45, 7) is 4.56. The molecule has 1 saturated carbocycles. The maximum atomic E-state index is 5.80. The SMILES string of the molecule is COCC1CCCN(CC2(c3ccc(N)cc3)CC2)C1. The van der Waals surface area contributed by atoms with E-state index in [-0.39, 0.29) is 0 Å². The molecule has 0 amide bonds. The number of hydrogen-bond acceptors (Lipinski definition) is 3. The molecule has 3 nitrogen and oxygen atoms in total. The normalized spacial score (nSPS) is 25.6. The van der Waals surface area contributed by atoms with Gasteiger partial charge in [0.25, 0.3) is 0 Å². The van der Waals surface area contributed by atoms with Gasteiger partial charge in [-0.05, 0) is 55.8 Å². The number of nitrogen functional groups attached to an aromatic ring is 1. The second kappa shape index (κ2) is 5.74. The van der Waals surface area contributed by atoms with Gasteiger partial charge in [-0.3, -0.25) is 0 Å². The van der Waals surface area contributed by atoms with Crippen LogP contribution in [0, 0.1) is 5.92 Å². The summed E-state index contributed by atoms with van der Waals surface area (Å²) in [6.07, 6.45) is 5.27. The highest BCUT2D eigenvalue weighted by atomic mass is 16.5. The number of anilines is 1. The molecule has 1 unspecified atom stereocenters. The van der Waals surface area contributed by atoms with Crippen molar-refractivity contribution in [2.45, 2.75) is 31.1 Å². The van der Waals surface area contributed by atoms with E-state index >= 15 is 0 Å². The number of nitrogens with two attached hydrogens (primary N) is 1. The Morgan fingerprint density at radius 1 is 1.30 bits per heavy atom. The molecule has 1 aromatic rings. The maximum Gasteiger partial charge on any atom is 0.0502 e. The first-order valence-corrected chi connectivity index (χ1v) is 7.79. The zero-order chi connectivity index (χ0) is 14.0. The first kappa shape index (κ1) is 13.9. The average Bonchev–Trinajstić information content (AvgIpc) is 3.21. The van der Waals surface area contributed by atoms with Crippen LogP contribution < -0.4 is 5.73 Å². The van der Waals surface area contributed by atoms with Crippen LogP contribution in [-0.4, -0.2) is 38.3 Å². The van der Waals surface area contributed by atoms with Crippen LogP contribution in [0.3, 0.4) is 0 Å². The molecule has 20 heavy (non-hydrogen) atoms. The number of benzene rings is 1. The fourth-order valence-electron chi connectivity index (χ4n) is 3.62. The minimum Gasteiger partial charge on any atom is -0.399 e. The third-order valence-corrected chi connectivity index (χ3v) is 4.91. The lowest BCUT2D eigenvalue weighted by atomic mass is 9.92. The Bertz CT molecular complexity index is 437. The molecule has 0 radical (unpaired) electrons. The van der Waals surface area contributed by atoms with Gasteiger partial charge in [0.15, 0.2) is 0 Å².